The molecular weight excluding hydrogens is 481 g/mol. The summed E-state index contributed by atoms with van der Waals surface area (Å²) in [5.41, 5.74) is -0.868. The summed E-state index contributed by atoms with van der Waals surface area (Å²) in [6, 6.07) is 6.32. The second kappa shape index (κ2) is 9.92. The maximum absolute atomic E-state index is 13.9. The van der Waals surface area contributed by atoms with Crippen LogP contribution < -0.4 is 4.90 Å². The third-order valence-corrected chi connectivity index (χ3v) is 7.05. The van der Waals surface area contributed by atoms with Gasteiger partial charge in [0.2, 0.25) is 5.54 Å². The molecule has 34 heavy (non-hydrogen) atoms. The molecule has 3 aliphatic rings. The monoisotopic (exact) mass is 505 g/mol. The zero-order valence-electron chi connectivity index (χ0n) is 18.6. The SMILES string of the molecule is COCCN1C(=O)N(CCO)C2(C1=O)C(=O)N(C/C=C/C1C=CC(Cl)=C(Cl)C1)c1ccccc12. The van der Waals surface area contributed by atoms with Crippen LogP contribution in [0.25, 0.3) is 0 Å². The maximum atomic E-state index is 13.9. The fourth-order valence-electron chi connectivity index (χ4n) is 4.66. The van der Waals surface area contributed by atoms with Gasteiger partial charge in [0.1, 0.15) is 0 Å². The third-order valence-electron chi connectivity index (χ3n) is 6.24. The number of aliphatic hydroxyl groups is 1. The molecule has 0 radical (unpaired) electrons. The van der Waals surface area contributed by atoms with E-state index in [9.17, 15) is 19.5 Å². The van der Waals surface area contributed by atoms with E-state index < -0.39 is 23.4 Å². The van der Waals surface area contributed by atoms with Gasteiger partial charge in [-0.05, 0) is 18.6 Å². The van der Waals surface area contributed by atoms with Crippen molar-refractivity contribution in [2.45, 2.75) is 12.0 Å². The fraction of sp³-hybridized carbons (Fsp3) is 0.375. The molecule has 2 atom stereocenters. The van der Waals surface area contributed by atoms with Gasteiger partial charge in [0.15, 0.2) is 0 Å². The van der Waals surface area contributed by atoms with E-state index in [4.69, 9.17) is 27.9 Å². The number of amides is 4. The number of urea groups is 1. The van der Waals surface area contributed by atoms with Crippen LogP contribution >= 0.6 is 23.2 Å². The number of imide groups is 1. The molecule has 2 heterocycles. The van der Waals surface area contributed by atoms with Crippen LogP contribution in [-0.4, -0.2) is 72.7 Å². The van der Waals surface area contributed by atoms with E-state index in [1.54, 1.807) is 30.3 Å². The number of nitrogens with zero attached hydrogens (tertiary/aromatic N) is 3. The van der Waals surface area contributed by atoms with E-state index in [1.165, 1.54) is 16.9 Å². The van der Waals surface area contributed by atoms with Crippen LogP contribution in [0.4, 0.5) is 10.5 Å². The topological polar surface area (TPSA) is 90.4 Å². The molecule has 1 spiro atoms. The third kappa shape index (κ3) is 3.84. The van der Waals surface area contributed by atoms with Crippen LogP contribution in [0.1, 0.15) is 12.0 Å². The summed E-state index contributed by atoms with van der Waals surface area (Å²) >= 11 is 12.2. The number of carbonyl (C=O) groups excluding carboxylic acids is 3. The van der Waals surface area contributed by atoms with E-state index >= 15 is 0 Å². The van der Waals surface area contributed by atoms with Crippen LogP contribution in [-0.2, 0) is 19.9 Å². The number of carbonyl (C=O) groups is 3. The molecule has 0 bridgehead atoms. The smallest absolute Gasteiger partial charge is 0.328 e. The first-order valence-corrected chi connectivity index (χ1v) is 11.7. The Kier molecular flexibility index (Phi) is 7.14. The Bertz CT molecular complexity index is 1100. The molecule has 4 amide bonds. The molecule has 8 nitrogen and oxygen atoms in total. The molecule has 180 valence electrons. The lowest BCUT2D eigenvalue weighted by Gasteiger charge is -2.30. The normalized spacial score (nSPS) is 24.5. The van der Waals surface area contributed by atoms with Crippen molar-refractivity contribution in [1.82, 2.24) is 9.80 Å². The number of aliphatic hydroxyl groups excluding tert-OH is 1. The Balaban J connectivity index is 1.67. The highest BCUT2D eigenvalue weighted by molar-refractivity contribution is 6.40. The highest BCUT2D eigenvalue weighted by atomic mass is 35.5. The molecule has 1 fully saturated rings. The first-order valence-electron chi connectivity index (χ1n) is 10.9. The van der Waals surface area contributed by atoms with Crippen LogP contribution in [0.5, 0.6) is 0 Å². The van der Waals surface area contributed by atoms with Gasteiger partial charge < -0.3 is 14.7 Å². The summed E-state index contributed by atoms with van der Waals surface area (Å²) in [5, 5.41) is 10.7. The lowest BCUT2D eigenvalue weighted by molar-refractivity contribution is -0.142. The summed E-state index contributed by atoms with van der Waals surface area (Å²) < 4.78 is 5.04. The van der Waals surface area contributed by atoms with Crippen molar-refractivity contribution in [3.8, 4) is 0 Å². The molecule has 0 saturated carbocycles. The molecular formula is C24H25Cl2N3O5. The standard InChI is InChI=1S/C24H25Cl2N3O5/c1-34-14-12-28-22(32)24(29(11-13-30)23(28)33)17-6-2-3-7-20(17)27(21(24)31)10-4-5-16-8-9-18(25)19(26)15-16/h2-9,16,30H,10-15H2,1H3/b5-4+. The molecule has 1 saturated heterocycles. The number of anilines is 1. The Morgan fingerprint density at radius 2 is 1.88 bits per heavy atom. The lowest BCUT2D eigenvalue weighted by atomic mass is 9.89. The first-order chi connectivity index (χ1) is 16.4. The summed E-state index contributed by atoms with van der Waals surface area (Å²) in [5.74, 6) is -1.12. The summed E-state index contributed by atoms with van der Waals surface area (Å²) in [6.45, 7) is -0.199. The van der Waals surface area contributed by atoms with Gasteiger partial charge in [-0.15, -0.1) is 0 Å². The van der Waals surface area contributed by atoms with Crippen molar-refractivity contribution in [3.63, 3.8) is 0 Å². The summed E-state index contributed by atoms with van der Waals surface area (Å²) in [6.07, 6.45) is 8.01. The minimum Gasteiger partial charge on any atom is -0.395 e. The molecule has 1 N–H and O–H groups in total. The number of allylic oxidation sites excluding steroid dienone is 5. The molecule has 2 aliphatic heterocycles. The second-order valence-electron chi connectivity index (χ2n) is 8.16. The van der Waals surface area contributed by atoms with E-state index in [0.29, 0.717) is 27.7 Å². The zero-order valence-corrected chi connectivity index (χ0v) is 20.1. The quantitative estimate of drug-likeness (QED) is 0.333. The number of ether oxygens (including phenoxy) is 1. The van der Waals surface area contributed by atoms with Gasteiger partial charge in [0, 0.05) is 36.7 Å². The van der Waals surface area contributed by atoms with Gasteiger partial charge in [-0.25, -0.2) is 4.79 Å². The van der Waals surface area contributed by atoms with Crippen molar-refractivity contribution in [2.75, 3.05) is 44.9 Å². The highest BCUT2D eigenvalue weighted by Crippen LogP contribution is 2.48. The number of hydrogen-bond acceptors (Lipinski definition) is 5. The van der Waals surface area contributed by atoms with E-state index in [0.717, 1.165) is 4.90 Å². The number of para-hydroxylation sites is 1. The van der Waals surface area contributed by atoms with Crippen LogP contribution in [0, 0.1) is 5.92 Å². The number of benzene rings is 1. The minimum absolute atomic E-state index is 0.0120. The number of β-amino-alcohol motifs (C(OH)–C–C–N with tert-alkyl or cyclic N) is 1. The lowest BCUT2D eigenvalue weighted by Crippen LogP contribution is -2.55. The molecule has 0 aromatic heterocycles. The van der Waals surface area contributed by atoms with E-state index in [2.05, 4.69) is 0 Å². The van der Waals surface area contributed by atoms with Crippen molar-refractivity contribution < 1.29 is 24.2 Å². The molecule has 1 aliphatic carbocycles. The predicted octanol–water partition coefficient (Wildman–Crippen LogP) is 2.95. The summed E-state index contributed by atoms with van der Waals surface area (Å²) in [7, 11) is 1.47. The number of fused-ring (bicyclic) bond motifs is 2. The van der Waals surface area contributed by atoms with E-state index in [1.807, 2.05) is 18.2 Å². The van der Waals surface area contributed by atoms with Gasteiger partial charge >= 0.3 is 6.03 Å². The number of rotatable bonds is 8. The molecule has 2 unspecified atom stereocenters. The Labute approximate surface area is 207 Å². The van der Waals surface area contributed by atoms with Crippen LogP contribution in [0.2, 0.25) is 0 Å². The number of methoxy groups -OCH3 is 1. The van der Waals surface area contributed by atoms with Crippen LogP contribution in [0.3, 0.4) is 0 Å². The van der Waals surface area contributed by atoms with Gasteiger partial charge in [-0.1, -0.05) is 59.6 Å². The molecule has 10 heteroatoms. The van der Waals surface area contributed by atoms with Crippen molar-refractivity contribution >= 4 is 46.7 Å². The molecule has 1 aromatic rings. The van der Waals surface area contributed by atoms with Crippen molar-refractivity contribution in [3.05, 3.63) is 64.2 Å². The zero-order chi connectivity index (χ0) is 24.5. The Hall–Kier alpha value is -2.65. The number of hydrogen-bond donors (Lipinski definition) is 1. The van der Waals surface area contributed by atoms with Crippen LogP contribution in [0.15, 0.2) is 58.6 Å². The van der Waals surface area contributed by atoms with E-state index in [-0.39, 0.29) is 38.8 Å². The average Bonchev–Trinajstić information content (AvgIpc) is 3.19. The molecule has 4 rings (SSSR count). The first kappa shape index (κ1) is 24.5. The minimum atomic E-state index is -1.84. The average molecular weight is 506 g/mol. The largest absolute Gasteiger partial charge is 0.395 e. The van der Waals surface area contributed by atoms with Gasteiger partial charge in [-0.3, -0.25) is 19.4 Å². The Morgan fingerprint density at radius 3 is 2.59 bits per heavy atom. The predicted molar refractivity (Wildman–Crippen MR) is 128 cm³/mol. The molecule has 1 aromatic carbocycles. The van der Waals surface area contributed by atoms with Gasteiger partial charge in [0.05, 0.1) is 30.5 Å². The fourth-order valence-corrected chi connectivity index (χ4v) is 5.05. The second-order valence-corrected chi connectivity index (χ2v) is 9.02. The van der Waals surface area contributed by atoms with Crippen molar-refractivity contribution in [2.24, 2.45) is 5.92 Å². The van der Waals surface area contributed by atoms with Gasteiger partial charge in [-0.2, -0.15) is 0 Å². The Morgan fingerprint density at radius 1 is 1.15 bits per heavy atom. The van der Waals surface area contributed by atoms with Gasteiger partial charge in [0.25, 0.3) is 11.8 Å². The maximum Gasteiger partial charge on any atom is 0.328 e. The highest BCUT2D eigenvalue weighted by Gasteiger charge is 2.67. The summed E-state index contributed by atoms with van der Waals surface area (Å²) in [4.78, 5) is 44.4. The van der Waals surface area contributed by atoms with Crippen molar-refractivity contribution in [1.29, 1.82) is 0 Å². The number of halogens is 2.